The normalized spacial score (nSPS) is 9.50. The van der Waals surface area contributed by atoms with E-state index in [0.717, 1.165) is 16.9 Å². The van der Waals surface area contributed by atoms with Gasteiger partial charge in [0.2, 0.25) is 0 Å². The summed E-state index contributed by atoms with van der Waals surface area (Å²) in [5, 5.41) is 2.23. The average molecular weight is 325 g/mol. The number of thioether (sulfide) groups is 1. The number of nitrogens with zero attached hydrogens (tertiary/aromatic N) is 3. The topological polar surface area (TPSA) is 38.1 Å². The van der Waals surface area contributed by atoms with Gasteiger partial charge in [0, 0.05) is 22.9 Å². The van der Waals surface area contributed by atoms with Crippen molar-refractivity contribution < 1.29 is 0 Å². The molecule has 0 fully saturated rings. The van der Waals surface area contributed by atoms with E-state index in [2.05, 4.69) is 63.2 Å². The lowest BCUT2D eigenvalue weighted by atomic mass is 10.2. The Kier molecular flexibility index (Phi) is 6.79. The highest BCUT2D eigenvalue weighted by atomic mass is 32.2. The first-order valence-corrected chi connectivity index (χ1v) is 8.36. The number of thiocarbonyl (C=S) groups is 1. The van der Waals surface area contributed by atoms with Crippen LogP contribution in [0.2, 0.25) is 0 Å². The number of hydrogen-bond donors (Lipinski definition) is 0. The van der Waals surface area contributed by atoms with Crippen LogP contribution in [0.15, 0.2) is 46.5 Å². The van der Waals surface area contributed by atoms with E-state index in [9.17, 15) is 0 Å². The van der Waals surface area contributed by atoms with Crippen molar-refractivity contribution in [1.82, 2.24) is 9.97 Å². The molecule has 1 aromatic carbocycles. The molecule has 2 rings (SSSR count). The van der Waals surface area contributed by atoms with Crippen LogP contribution in [0.4, 0.5) is 5.95 Å². The molecule has 0 aliphatic carbocycles. The smallest absolute Gasteiger partial charge is 0.218 e. The molecule has 0 amide bonds. The lowest BCUT2D eigenvalue weighted by Gasteiger charge is -2.00. The first-order chi connectivity index (χ1) is 10.8. The molecule has 2 aromatic rings. The minimum atomic E-state index is 0.300. The van der Waals surface area contributed by atoms with Crippen LogP contribution in [-0.4, -0.2) is 20.9 Å². The van der Waals surface area contributed by atoms with E-state index in [-0.39, 0.29) is 0 Å². The second kappa shape index (κ2) is 9.11. The summed E-state index contributed by atoms with van der Waals surface area (Å²) >= 11 is 6.38. The summed E-state index contributed by atoms with van der Waals surface area (Å²) in [6, 6.07) is 8.29. The van der Waals surface area contributed by atoms with Gasteiger partial charge in [-0.3, -0.25) is 0 Å². The van der Waals surface area contributed by atoms with Crippen LogP contribution in [-0.2, 0) is 0 Å². The number of rotatable bonds is 5. The van der Waals surface area contributed by atoms with Gasteiger partial charge in [0.25, 0.3) is 5.95 Å². The fourth-order valence-electron chi connectivity index (χ4n) is 1.60. The molecule has 0 radical (unpaired) electrons. The molecule has 0 aliphatic heterocycles. The molecule has 0 unspecified atom stereocenters. The summed E-state index contributed by atoms with van der Waals surface area (Å²) < 4.78 is 0. The fourth-order valence-corrected chi connectivity index (χ4v) is 2.68. The summed E-state index contributed by atoms with van der Waals surface area (Å²) in [5.41, 5.74) is 1.71. The third-order valence-corrected chi connectivity index (χ3v) is 3.95. The van der Waals surface area contributed by atoms with Crippen LogP contribution in [0.5, 0.6) is 0 Å². The molecular weight excluding hydrogens is 310 g/mol. The van der Waals surface area contributed by atoms with Crippen LogP contribution in [0.1, 0.15) is 30.9 Å². The summed E-state index contributed by atoms with van der Waals surface area (Å²) in [6.45, 7) is 2.21. The van der Waals surface area contributed by atoms with Gasteiger partial charge in [-0.1, -0.05) is 25.2 Å². The zero-order valence-electron chi connectivity index (χ0n) is 12.2. The maximum Gasteiger partial charge on any atom is 0.258 e. The van der Waals surface area contributed by atoms with E-state index in [0.29, 0.717) is 5.95 Å². The van der Waals surface area contributed by atoms with Crippen molar-refractivity contribution in [2.45, 2.75) is 24.7 Å². The van der Waals surface area contributed by atoms with Gasteiger partial charge >= 0.3 is 0 Å². The fraction of sp³-hybridized carbons (Fsp3) is 0.235. The van der Waals surface area contributed by atoms with Crippen molar-refractivity contribution in [2.24, 2.45) is 4.99 Å². The molecule has 3 nitrogen and oxygen atoms in total. The molecule has 0 saturated heterocycles. The van der Waals surface area contributed by atoms with Gasteiger partial charge in [-0.25, -0.2) is 9.97 Å². The molecule has 1 heterocycles. The summed E-state index contributed by atoms with van der Waals surface area (Å²) in [5.74, 6) is 7.60. The second-order valence-electron chi connectivity index (χ2n) is 4.45. The minimum Gasteiger partial charge on any atom is -0.218 e. The number of aliphatic imine (C=N–C) groups is 1. The number of benzene rings is 1. The van der Waals surface area contributed by atoms with E-state index in [1.807, 2.05) is 23.9 Å². The van der Waals surface area contributed by atoms with Crippen molar-refractivity contribution in [3.05, 3.63) is 47.8 Å². The molecule has 0 aliphatic rings. The summed E-state index contributed by atoms with van der Waals surface area (Å²) in [6.07, 6.45) is 5.73. The number of hydrogen-bond acceptors (Lipinski definition) is 5. The molecule has 5 heteroatoms. The van der Waals surface area contributed by atoms with Crippen LogP contribution >= 0.6 is 24.0 Å². The zero-order valence-corrected chi connectivity index (χ0v) is 13.9. The average Bonchev–Trinajstić information content (AvgIpc) is 2.56. The summed E-state index contributed by atoms with van der Waals surface area (Å²) in [7, 11) is 0. The second-order valence-corrected chi connectivity index (χ2v) is 5.80. The highest BCUT2D eigenvalue weighted by molar-refractivity contribution is 7.99. The van der Waals surface area contributed by atoms with Crippen molar-refractivity contribution in [3.63, 3.8) is 0 Å². The Labute approximate surface area is 140 Å². The zero-order chi connectivity index (χ0) is 15.6. The van der Waals surface area contributed by atoms with E-state index < -0.39 is 0 Å². The maximum atomic E-state index is 4.50. The number of aromatic nitrogens is 2. The van der Waals surface area contributed by atoms with Crippen molar-refractivity contribution in [3.8, 4) is 11.8 Å². The van der Waals surface area contributed by atoms with Crippen molar-refractivity contribution in [2.75, 3.05) is 5.75 Å². The van der Waals surface area contributed by atoms with Crippen LogP contribution < -0.4 is 0 Å². The van der Waals surface area contributed by atoms with Gasteiger partial charge in [-0.15, -0.1) is 11.8 Å². The van der Waals surface area contributed by atoms with Gasteiger partial charge in [0.15, 0.2) is 0 Å². The SMILES string of the molecule is CCCCSc1ccc(C#Cc2cnc(N=C=S)nc2)cc1. The minimum absolute atomic E-state index is 0.300. The van der Waals surface area contributed by atoms with Crippen molar-refractivity contribution >= 4 is 35.1 Å². The molecule has 0 N–H and O–H groups in total. The largest absolute Gasteiger partial charge is 0.258 e. The van der Waals surface area contributed by atoms with Gasteiger partial charge in [-0.05, 0) is 48.7 Å². The van der Waals surface area contributed by atoms with Gasteiger partial charge in [0.1, 0.15) is 0 Å². The molecular formula is C17H15N3S2. The molecule has 0 spiro atoms. The number of unbranched alkanes of at least 4 members (excludes halogenated alkanes) is 1. The maximum absolute atomic E-state index is 4.50. The Hall–Kier alpha value is -1.99. The van der Waals surface area contributed by atoms with Crippen molar-refractivity contribution in [1.29, 1.82) is 0 Å². The molecule has 0 bridgehead atoms. The Balaban J connectivity index is 2.00. The Bertz CT molecular complexity index is 706. The van der Waals surface area contributed by atoms with E-state index in [4.69, 9.17) is 0 Å². The highest BCUT2D eigenvalue weighted by Crippen LogP contribution is 2.19. The van der Waals surface area contributed by atoms with Crippen LogP contribution in [0.3, 0.4) is 0 Å². The number of isothiocyanates is 1. The molecule has 0 atom stereocenters. The molecule has 1 aromatic heterocycles. The standard InChI is InChI=1S/C17H15N3S2/c1-2-3-10-22-16-8-6-14(7-9-16)4-5-15-11-18-17(19-12-15)20-13-21/h6-9,11-12H,2-3,10H2,1H3. The lowest BCUT2D eigenvalue weighted by Crippen LogP contribution is -1.83. The Morgan fingerprint density at radius 3 is 2.41 bits per heavy atom. The summed E-state index contributed by atoms with van der Waals surface area (Å²) in [4.78, 5) is 13.0. The Morgan fingerprint density at radius 1 is 1.09 bits per heavy atom. The van der Waals surface area contributed by atoms with Gasteiger partial charge in [-0.2, -0.15) is 4.99 Å². The molecule has 22 heavy (non-hydrogen) atoms. The predicted octanol–water partition coefficient (Wildman–Crippen LogP) is 4.50. The first kappa shape index (κ1) is 16.4. The monoisotopic (exact) mass is 325 g/mol. The lowest BCUT2D eigenvalue weighted by molar-refractivity contribution is 0.896. The van der Waals surface area contributed by atoms with E-state index in [1.54, 1.807) is 12.4 Å². The van der Waals surface area contributed by atoms with Crippen LogP contribution in [0, 0.1) is 11.8 Å². The predicted molar refractivity (Wildman–Crippen MR) is 94.8 cm³/mol. The first-order valence-electron chi connectivity index (χ1n) is 6.96. The van der Waals surface area contributed by atoms with Gasteiger partial charge < -0.3 is 0 Å². The third kappa shape index (κ3) is 5.42. The molecule has 0 saturated carbocycles. The quantitative estimate of drug-likeness (QED) is 0.267. The highest BCUT2D eigenvalue weighted by Gasteiger charge is 1.95. The van der Waals surface area contributed by atoms with Crippen LogP contribution in [0.25, 0.3) is 0 Å². The van der Waals surface area contributed by atoms with E-state index >= 15 is 0 Å². The molecule has 110 valence electrons. The Morgan fingerprint density at radius 2 is 1.77 bits per heavy atom. The van der Waals surface area contributed by atoms with Gasteiger partial charge in [0.05, 0.1) is 10.7 Å². The third-order valence-electron chi connectivity index (χ3n) is 2.76. The van der Waals surface area contributed by atoms with E-state index in [1.165, 1.54) is 17.7 Å².